The number of carbonyl (C=O) groups is 1. The lowest BCUT2D eigenvalue weighted by molar-refractivity contribution is -0.116. The quantitative estimate of drug-likeness (QED) is 0.516. The second-order valence-electron chi connectivity index (χ2n) is 3.37. The minimum absolute atomic E-state index is 0.0162. The molecule has 0 heterocycles. The van der Waals surface area contributed by atoms with Crippen LogP contribution in [-0.4, -0.2) is 5.78 Å². The summed E-state index contributed by atoms with van der Waals surface area (Å²) in [5, 5.41) is 0. The Morgan fingerprint density at radius 1 is 1.56 bits per heavy atom. The molecule has 0 saturated heterocycles. The van der Waals surface area contributed by atoms with Crippen LogP contribution in [0, 0.1) is 12.0 Å². The fourth-order valence-electron chi connectivity index (χ4n) is 0.582. The highest BCUT2D eigenvalue weighted by Gasteiger charge is 2.12. The van der Waals surface area contributed by atoms with Crippen LogP contribution in [0.1, 0.15) is 27.2 Å². The SMILES string of the molecule is [CH]=CC(=O)CC(C)(C)C. The van der Waals surface area contributed by atoms with E-state index < -0.39 is 0 Å². The Bertz CT molecular complexity index is 117. The lowest BCUT2D eigenvalue weighted by Crippen LogP contribution is -2.10. The van der Waals surface area contributed by atoms with E-state index in [0.717, 1.165) is 6.08 Å². The molecule has 0 N–H and O–H groups in total. The molecule has 0 aliphatic carbocycles. The molecule has 0 bridgehead atoms. The average molecular weight is 125 g/mol. The molecular formula is C8H13O. The second-order valence-corrected chi connectivity index (χ2v) is 3.37. The lowest BCUT2D eigenvalue weighted by atomic mass is 9.90. The summed E-state index contributed by atoms with van der Waals surface area (Å²) in [4.78, 5) is 10.6. The first-order valence-corrected chi connectivity index (χ1v) is 3.03. The zero-order valence-electron chi connectivity index (χ0n) is 6.27. The molecule has 0 aromatic heterocycles. The molecule has 0 amide bonds. The molecule has 0 unspecified atom stereocenters. The minimum Gasteiger partial charge on any atom is -0.295 e. The van der Waals surface area contributed by atoms with Gasteiger partial charge in [0.15, 0.2) is 5.78 Å². The summed E-state index contributed by atoms with van der Waals surface area (Å²) in [5.74, 6) is 0.0162. The van der Waals surface area contributed by atoms with E-state index in [1.165, 1.54) is 0 Å². The van der Waals surface area contributed by atoms with Gasteiger partial charge in [-0.2, -0.15) is 0 Å². The molecule has 9 heavy (non-hydrogen) atoms. The Labute approximate surface area is 56.8 Å². The van der Waals surface area contributed by atoms with Crippen LogP contribution >= 0.6 is 0 Å². The van der Waals surface area contributed by atoms with Crippen molar-refractivity contribution in [1.29, 1.82) is 0 Å². The van der Waals surface area contributed by atoms with E-state index in [4.69, 9.17) is 6.58 Å². The summed E-state index contributed by atoms with van der Waals surface area (Å²) in [6.45, 7) is 11.0. The molecule has 0 aliphatic heterocycles. The standard InChI is InChI=1S/C8H13O/c1-5-7(9)6-8(2,3)4/h1,5H,6H2,2-4H3. The normalized spacial score (nSPS) is 11.0. The lowest BCUT2D eigenvalue weighted by Gasteiger charge is -2.14. The fraction of sp³-hybridized carbons (Fsp3) is 0.625. The van der Waals surface area contributed by atoms with Crippen molar-refractivity contribution in [3.05, 3.63) is 12.7 Å². The van der Waals surface area contributed by atoms with E-state index in [1.54, 1.807) is 0 Å². The number of ketones is 1. The van der Waals surface area contributed by atoms with Crippen molar-refractivity contribution in [2.24, 2.45) is 5.41 Å². The van der Waals surface area contributed by atoms with Crippen LogP contribution < -0.4 is 0 Å². The van der Waals surface area contributed by atoms with E-state index in [1.807, 2.05) is 20.8 Å². The van der Waals surface area contributed by atoms with Crippen LogP contribution in [0.3, 0.4) is 0 Å². The van der Waals surface area contributed by atoms with Crippen molar-refractivity contribution >= 4 is 5.78 Å². The molecule has 0 spiro atoms. The van der Waals surface area contributed by atoms with Crippen molar-refractivity contribution < 1.29 is 4.79 Å². The Balaban J connectivity index is 3.74. The molecule has 0 aromatic rings. The van der Waals surface area contributed by atoms with Gasteiger partial charge < -0.3 is 0 Å². The summed E-state index contributed by atoms with van der Waals surface area (Å²) >= 11 is 0. The Hall–Kier alpha value is -0.590. The summed E-state index contributed by atoms with van der Waals surface area (Å²) < 4.78 is 0. The molecule has 0 rings (SSSR count). The topological polar surface area (TPSA) is 17.1 Å². The largest absolute Gasteiger partial charge is 0.295 e. The number of carbonyl (C=O) groups excluding carboxylic acids is 1. The van der Waals surface area contributed by atoms with Crippen LogP contribution in [0.2, 0.25) is 0 Å². The number of hydrogen-bond donors (Lipinski definition) is 0. The number of hydrogen-bond acceptors (Lipinski definition) is 1. The highest BCUT2D eigenvalue weighted by Crippen LogP contribution is 2.18. The van der Waals surface area contributed by atoms with Gasteiger partial charge in [0, 0.05) is 6.42 Å². The van der Waals surface area contributed by atoms with Crippen molar-refractivity contribution in [2.45, 2.75) is 27.2 Å². The predicted molar refractivity (Wildman–Crippen MR) is 37.9 cm³/mol. The Morgan fingerprint density at radius 2 is 2.00 bits per heavy atom. The van der Waals surface area contributed by atoms with Gasteiger partial charge in [-0.15, -0.1) is 0 Å². The third-order valence-electron chi connectivity index (χ3n) is 0.890. The molecule has 0 fully saturated rings. The molecule has 0 atom stereocenters. The van der Waals surface area contributed by atoms with Gasteiger partial charge in [-0.3, -0.25) is 4.79 Å². The van der Waals surface area contributed by atoms with Gasteiger partial charge in [0.2, 0.25) is 0 Å². The van der Waals surface area contributed by atoms with Crippen molar-refractivity contribution in [3.8, 4) is 0 Å². The molecule has 0 aromatic carbocycles. The highest BCUT2D eigenvalue weighted by molar-refractivity contribution is 5.89. The van der Waals surface area contributed by atoms with Crippen molar-refractivity contribution in [1.82, 2.24) is 0 Å². The monoisotopic (exact) mass is 125 g/mol. The van der Waals surface area contributed by atoms with Gasteiger partial charge in [-0.05, 0) is 11.5 Å². The van der Waals surface area contributed by atoms with Gasteiger partial charge in [0.1, 0.15) is 0 Å². The summed E-state index contributed by atoms with van der Waals surface area (Å²) in [7, 11) is 0. The summed E-state index contributed by atoms with van der Waals surface area (Å²) in [6.07, 6.45) is 1.66. The molecule has 0 saturated carbocycles. The average Bonchev–Trinajstić information content (AvgIpc) is 1.62. The van der Waals surface area contributed by atoms with Crippen LogP contribution in [0.5, 0.6) is 0 Å². The Morgan fingerprint density at radius 3 is 2.11 bits per heavy atom. The van der Waals surface area contributed by atoms with Gasteiger partial charge in [-0.1, -0.05) is 27.4 Å². The molecule has 1 nitrogen and oxygen atoms in total. The zero-order chi connectivity index (χ0) is 7.49. The molecule has 1 radical (unpaired) electrons. The van der Waals surface area contributed by atoms with Crippen molar-refractivity contribution in [2.75, 3.05) is 0 Å². The molecule has 0 aliphatic rings. The van der Waals surface area contributed by atoms with Gasteiger partial charge in [-0.25, -0.2) is 0 Å². The second kappa shape index (κ2) is 2.81. The molecule has 51 valence electrons. The maximum absolute atomic E-state index is 10.6. The Kier molecular flexibility index (Phi) is 2.63. The summed E-state index contributed by atoms with van der Waals surface area (Å²) in [5.41, 5.74) is 0.0625. The third-order valence-corrected chi connectivity index (χ3v) is 0.890. The molecule has 1 heteroatoms. The third kappa shape index (κ3) is 5.28. The maximum atomic E-state index is 10.6. The predicted octanol–water partition coefficient (Wildman–Crippen LogP) is 1.98. The van der Waals surface area contributed by atoms with Crippen LogP contribution in [0.15, 0.2) is 6.08 Å². The number of allylic oxidation sites excluding steroid dienone is 1. The van der Waals surface area contributed by atoms with Gasteiger partial charge >= 0.3 is 0 Å². The van der Waals surface area contributed by atoms with Crippen LogP contribution in [0.25, 0.3) is 0 Å². The number of rotatable bonds is 2. The summed E-state index contributed by atoms with van der Waals surface area (Å²) in [6, 6.07) is 0. The minimum atomic E-state index is 0.0162. The first kappa shape index (κ1) is 8.41. The highest BCUT2D eigenvalue weighted by atomic mass is 16.1. The van der Waals surface area contributed by atoms with Crippen LogP contribution in [-0.2, 0) is 4.79 Å². The molecular weight excluding hydrogens is 112 g/mol. The smallest absolute Gasteiger partial charge is 0.156 e. The van der Waals surface area contributed by atoms with E-state index in [9.17, 15) is 4.79 Å². The van der Waals surface area contributed by atoms with E-state index in [0.29, 0.717) is 6.42 Å². The zero-order valence-corrected chi connectivity index (χ0v) is 6.27. The van der Waals surface area contributed by atoms with Crippen molar-refractivity contribution in [3.63, 3.8) is 0 Å². The van der Waals surface area contributed by atoms with Crippen LogP contribution in [0.4, 0.5) is 0 Å². The maximum Gasteiger partial charge on any atom is 0.156 e. The van der Waals surface area contributed by atoms with E-state index >= 15 is 0 Å². The van der Waals surface area contributed by atoms with Gasteiger partial charge in [0.05, 0.1) is 0 Å². The first-order chi connectivity index (χ1) is 3.95. The first-order valence-electron chi connectivity index (χ1n) is 3.03. The van der Waals surface area contributed by atoms with E-state index in [-0.39, 0.29) is 11.2 Å². The van der Waals surface area contributed by atoms with E-state index in [2.05, 4.69) is 0 Å². The fourth-order valence-corrected chi connectivity index (χ4v) is 0.582. The van der Waals surface area contributed by atoms with Gasteiger partial charge in [0.25, 0.3) is 0 Å².